The van der Waals surface area contributed by atoms with Crippen LogP contribution < -0.4 is 0 Å². The van der Waals surface area contributed by atoms with E-state index in [1.807, 2.05) is 0 Å². The fraction of sp³-hybridized carbons (Fsp3) is 0. The van der Waals surface area contributed by atoms with Crippen molar-refractivity contribution in [1.82, 2.24) is 0 Å². The van der Waals surface area contributed by atoms with E-state index in [4.69, 9.17) is 13.2 Å². The molecule has 0 amide bonds. The summed E-state index contributed by atoms with van der Waals surface area (Å²) >= 11 is 0. The van der Waals surface area contributed by atoms with Crippen LogP contribution >= 0.6 is 0 Å². The number of rotatable bonds is 1. The zero-order valence-corrected chi connectivity index (χ0v) is 6.70. The fourth-order valence-electron chi connectivity index (χ4n) is 0. The van der Waals surface area contributed by atoms with E-state index < -0.39 is 0 Å². The van der Waals surface area contributed by atoms with Gasteiger partial charge >= 0.3 is 0 Å². The standard InChI is InChI=1S/C4H4.Pb.2H2/c1-3-4-2;;;/h1-4H;;2*1H. The Hall–Kier alpha value is 0.312. The van der Waals surface area contributed by atoms with Gasteiger partial charge in [-0.1, -0.05) is 6.58 Å². The Morgan fingerprint density at radius 1 is 1.80 bits per heavy atom. The molecule has 0 atom stereocenters. The molecule has 0 aromatic heterocycles. The number of hydrogen-bond donors (Lipinski definition) is 0. The molecule has 28 valence electrons. The SMILES string of the molecule is [CH+]=CC=[CH-].[HH].[HH].[Pb]. The van der Waals surface area contributed by atoms with E-state index in [-0.39, 0.29) is 30.2 Å². The molecule has 1 heteroatoms. The van der Waals surface area contributed by atoms with Crippen molar-refractivity contribution < 1.29 is 2.85 Å². The van der Waals surface area contributed by atoms with Crippen molar-refractivity contribution in [1.29, 1.82) is 0 Å². The minimum atomic E-state index is 0. The predicted molar refractivity (Wildman–Crippen MR) is 27.7 cm³/mol. The Kier molecular flexibility index (Phi) is 15.9. The van der Waals surface area contributed by atoms with E-state index in [1.165, 1.54) is 12.2 Å². The summed E-state index contributed by atoms with van der Waals surface area (Å²) in [6.45, 7) is 9.44. The van der Waals surface area contributed by atoms with E-state index >= 15 is 0 Å². The van der Waals surface area contributed by atoms with Crippen LogP contribution in [0.15, 0.2) is 12.2 Å². The van der Waals surface area contributed by atoms with Crippen LogP contribution in [-0.4, -0.2) is 27.3 Å². The molecule has 0 saturated carbocycles. The molecule has 0 aliphatic heterocycles. The second-order valence-corrected chi connectivity index (χ2v) is 0.385. The van der Waals surface area contributed by atoms with Gasteiger partial charge in [-0.2, -0.15) is 6.58 Å². The van der Waals surface area contributed by atoms with Crippen molar-refractivity contribution in [2.45, 2.75) is 0 Å². The molecule has 0 bridgehead atoms. The molecule has 5 heavy (non-hydrogen) atoms. The molecular weight excluding hydrogens is 255 g/mol. The van der Waals surface area contributed by atoms with Crippen molar-refractivity contribution in [3.05, 3.63) is 25.3 Å². The Balaban J connectivity index is -0.0000000150. The molecule has 0 nitrogen and oxygen atoms in total. The van der Waals surface area contributed by atoms with Gasteiger partial charge in [-0.05, 0) is 0 Å². The summed E-state index contributed by atoms with van der Waals surface area (Å²) in [6, 6.07) is 0. The first-order valence-corrected chi connectivity index (χ1v) is 1.00. The van der Waals surface area contributed by atoms with Crippen LogP contribution in [0.4, 0.5) is 0 Å². The Bertz CT molecular complexity index is 30.7. The van der Waals surface area contributed by atoms with Crippen LogP contribution in [0.1, 0.15) is 2.85 Å². The van der Waals surface area contributed by atoms with Gasteiger partial charge in [0.25, 0.3) is 0 Å². The summed E-state index contributed by atoms with van der Waals surface area (Å²) < 4.78 is 0. The van der Waals surface area contributed by atoms with Crippen molar-refractivity contribution >= 4 is 27.3 Å². The normalized spacial score (nSPS) is 3.80. The van der Waals surface area contributed by atoms with Gasteiger partial charge in [-0.15, -0.1) is 6.08 Å². The third-order valence-corrected chi connectivity index (χ3v) is 0.111. The maximum atomic E-state index is 4.72. The van der Waals surface area contributed by atoms with Gasteiger partial charge in [0.15, 0.2) is 0 Å². The summed E-state index contributed by atoms with van der Waals surface area (Å²) in [7, 11) is 0. The second-order valence-electron chi connectivity index (χ2n) is 0.385. The largest absolute Gasteiger partial charge is 0.187 e. The van der Waals surface area contributed by atoms with Crippen LogP contribution in [-0.2, 0) is 0 Å². The molecule has 0 spiro atoms. The predicted octanol–water partition coefficient (Wildman–Crippen LogP) is 1.08. The van der Waals surface area contributed by atoms with Crippen LogP contribution in [0, 0.1) is 13.2 Å². The average molecular weight is 263 g/mol. The van der Waals surface area contributed by atoms with Gasteiger partial charge in [-0.3, -0.25) is 0 Å². The molecule has 0 unspecified atom stereocenters. The zero-order valence-electron chi connectivity index (χ0n) is 2.81. The Morgan fingerprint density at radius 3 is 2.00 bits per heavy atom. The topological polar surface area (TPSA) is 0 Å². The maximum absolute atomic E-state index is 4.72. The first kappa shape index (κ1) is 9.00. The van der Waals surface area contributed by atoms with Crippen molar-refractivity contribution in [3.8, 4) is 0 Å². The van der Waals surface area contributed by atoms with E-state index in [1.54, 1.807) is 0 Å². The fourth-order valence-corrected chi connectivity index (χ4v) is 0. The molecule has 0 N–H and O–H groups in total. The zero-order chi connectivity index (χ0) is 3.41. The summed E-state index contributed by atoms with van der Waals surface area (Å²) in [5, 5.41) is 0. The van der Waals surface area contributed by atoms with Gasteiger partial charge in [0.05, 0.1) is 0 Å². The van der Waals surface area contributed by atoms with E-state index in [0.717, 1.165) is 0 Å². The molecule has 0 aliphatic carbocycles. The molecule has 0 rings (SSSR count). The van der Waals surface area contributed by atoms with Gasteiger partial charge in [0.2, 0.25) is 0 Å². The van der Waals surface area contributed by atoms with E-state index in [2.05, 4.69) is 0 Å². The summed E-state index contributed by atoms with van der Waals surface area (Å²) in [6.07, 6.45) is 2.56. The van der Waals surface area contributed by atoms with Crippen LogP contribution in [0.25, 0.3) is 0 Å². The smallest absolute Gasteiger partial charge is 0.00639 e. The molecule has 0 heterocycles. The first-order valence-electron chi connectivity index (χ1n) is 1.00. The Morgan fingerprint density at radius 2 is 2.00 bits per heavy atom. The van der Waals surface area contributed by atoms with E-state index in [0.29, 0.717) is 0 Å². The van der Waals surface area contributed by atoms with Crippen molar-refractivity contribution in [3.63, 3.8) is 0 Å². The number of allylic oxidation sites excluding steroid dienone is 2. The maximum Gasteiger partial charge on any atom is 0.00639 e. The van der Waals surface area contributed by atoms with Crippen LogP contribution in [0.3, 0.4) is 0 Å². The van der Waals surface area contributed by atoms with Crippen LogP contribution in [0.2, 0.25) is 0 Å². The third-order valence-electron chi connectivity index (χ3n) is 0.111. The quantitative estimate of drug-likeness (QED) is 0.377. The number of hydrogen-bond acceptors (Lipinski definition) is 0. The molecule has 0 fully saturated rings. The molecular formula is C4H8Pb. The minimum Gasteiger partial charge on any atom is -0.187 e. The van der Waals surface area contributed by atoms with Gasteiger partial charge in [0.1, 0.15) is 0 Å². The second kappa shape index (κ2) is 8.85. The molecule has 0 aromatic rings. The van der Waals surface area contributed by atoms with E-state index in [9.17, 15) is 0 Å². The van der Waals surface area contributed by atoms with Crippen molar-refractivity contribution in [2.24, 2.45) is 0 Å². The molecule has 0 aromatic carbocycles. The van der Waals surface area contributed by atoms with Gasteiger partial charge < -0.3 is 0 Å². The monoisotopic (exact) mass is 264 g/mol. The van der Waals surface area contributed by atoms with Crippen LogP contribution in [0.5, 0.6) is 0 Å². The summed E-state index contributed by atoms with van der Waals surface area (Å²) in [5.74, 6) is 0. The first-order chi connectivity index (χ1) is 1.91. The molecule has 0 aliphatic rings. The molecule has 4 radical (unpaired) electrons. The van der Waals surface area contributed by atoms with Crippen molar-refractivity contribution in [2.75, 3.05) is 0 Å². The Labute approximate surface area is 55.7 Å². The summed E-state index contributed by atoms with van der Waals surface area (Å²) in [5.41, 5.74) is 0. The minimum absolute atomic E-state index is 0. The molecule has 0 saturated heterocycles. The van der Waals surface area contributed by atoms with Gasteiger partial charge in [-0.25, -0.2) is 0 Å². The average Bonchev–Trinajstić information content (AvgIpc) is 1.37. The summed E-state index contributed by atoms with van der Waals surface area (Å²) in [4.78, 5) is 0. The third kappa shape index (κ3) is 13.4. The van der Waals surface area contributed by atoms with Gasteiger partial charge in [0, 0.05) is 36.2 Å².